The predicted molar refractivity (Wildman–Crippen MR) is 122 cm³/mol. The summed E-state index contributed by atoms with van der Waals surface area (Å²) < 4.78 is 7.15. The monoisotopic (exact) mass is 498 g/mol. The van der Waals surface area contributed by atoms with Crippen LogP contribution in [0.5, 0.6) is 0 Å². The largest absolute Gasteiger partial charge is 0.385 e. The van der Waals surface area contributed by atoms with E-state index in [9.17, 15) is 0 Å². The van der Waals surface area contributed by atoms with Gasteiger partial charge >= 0.3 is 0 Å². The summed E-state index contributed by atoms with van der Waals surface area (Å²) in [4.78, 5) is 7.20. The maximum absolute atomic E-state index is 5.16. The average molecular weight is 498 g/mol. The molecule has 1 atom stereocenters. The molecule has 0 bridgehead atoms. The molecule has 1 aromatic heterocycles. The molecule has 0 amide bonds. The molecule has 0 radical (unpaired) electrons. The van der Waals surface area contributed by atoms with Crippen molar-refractivity contribution >= 4 is 29.9 Å². The number of nitrogens with zero attached hydrogens (tertiary/aromatic N) is 5. The summed E-state index contributed by atoms with van der Waals surface area (Å²) >= 11 is 0. The zero-order chi connectivity index (χ0) is 19.1. The van der Waals surface area contributed by atoms with Gasteiger partial charge in [0.15, 0.2) is 11.8 Å². The minimum absolute atomic E-state index is 0. The molecule has 1 aliphatic heterocycles. The number of benzene rings is 1. The Kier molecular flexibility index (Phi) is 9.17. The molecule has 7 nitrogen and oxygen atoms in total. The number of hydrogen-bond donors (Lipinski definition) is 1. The number of ether oxygens (including phenoxy) is 1. The summed E-state index contributed by atoms with van der Waals surface area (Å²) in [6.07, 6.45) is 2.10. The van der Waals surface area contributed by atoms with E-state index < -0.39 is 0 Å². The standard InChI is InChI=1S/C20H30N6O.HI/c1-16-23-24-19(25(16)2)14-22-20(21-11-7-13-27-3)26-12-10-18(15-26)17-8-5-4-6-9-17;/h4-6,8-9,18H,7,10-15H2,1-3H3,(H,21,22);1H. The average Bonchev–Trinajstić information content (AvgIpc) is 3.30. The molecule has 2 heterocycles. The molecule has 2 aromatic rings. The van der Waals surface area contributed by atoms with Gasteiger partial charge < -0.3 is 19.5 Å². The van der Waals surface area contributed by atoms with Crippen LogP contribution in [-0.2, 0) is 18.3 Å². The van der Waals surface area contributed by atoms with Gasteiger partial charge in [0.2, 0.25) is 0 Å². The third-order valence-corrected chi connectivity index (χ3v) is 5.12. The van der Waals surface area contributed by atoms with Crippen molar-refractivity contribution in [2.24, 2.45) is 12.0 Å². The molecule has 1 aromatic carbocycles. The van der Waals surface area contributed by atoms with E-state index in [1.54, 1.807) is 7.11 Å². The fourth-order valence-corrected chi connectivity index (χ4v) is 3.37. The molecule has 1 fully saturated rings. The summed E-state index contributed by atoms with van der Waals surface area (Å²) in [6.45, 7) is 6.06. The van der Waals surface area contributed by atoms with Crippen molar-refractivity contribution in [1.29, 1.82) is 0 Å². The second-order valence-corrected chi connectivity index (χ2v) is 6.98. The van der Waals surface area contributed by atoms with Crippen molar-refractivity contribution in [1.82, 2.24) is 25.0 Å². The molecule has 8 heteroatoms. The van der Waals surface area contributed by atoms with Crippen LogP contribution in [0.3, 0.4) is 0 Å². The van der Waals surface area contributed by atoms with E-state index in [2.05, 4.69) is 50.7 Å². The van der Waals surface area contributed by atoms with Crippen LogP contribution in [0.4, 0.5) is 0 Å². The van der Waals surface area contributed by atoms with Gasteiger partial charge in [0, 0.05) is 46.3 Å². The van der Waals surface area contributed by atoms with Crippen molar-refractivity contribution in [2.45, 2.75) is 32.2 Å². The van der Waals surface area contributed by atoms with Gasteiger partial charge in [-0.05, 0) is 25.3 Å². The highest BCUT2D eigenvalue weighted by Gasteiger charge is 2.26. The van der Waals surface area contributed by atoms with Gasteiger partial charge in [-0.15, -0.1) is 34.2 Å². The number of rotatable bonds is 7. The van der Waals surface area contributed by atoms with Crippen LogP contribution in [0.25, 0.3) is 0 Å². The number of aliphatic imine (C=N–C) groups is 1. The highest BCUT2D eigenvalue weighted by molar-refractivity contribution is 14.0. The second-order valence-electron chi connectivity index (χ2n) is 6.98. The first-order valence-corrected chi connectivity index (χ1v) is 9.61. The van der Waals surface area contributed by atoms with Crippen LogP contribution in [0.1, 0.15) is 36.0 Å². The van der Waals surface area contributed by atoms with Gasteiger partial charge in [0.1, 0.15) is 12.4 Å². The molecule has 3 rings (SSSR count). The maximum Gasteiger partial charge on any atom is 0.194 e. The molecule has 28 heavy (non-hydrogen) atoms. The third kappa shape index (κ3) is 5.91. The number of halogens is 1. The van der Waals surface area contributed by atoms with Gasteiger partial charge in [-0.25, -0.2) is 4.99 Å². The van der Waals surface area contributed by atoms with Crippen LogP contribution >= 0.6 is 24.0 Å². The lowest BCUT2D eigenvalue weighted by Crippen LogP contribution is -2.40. The quantitative estimate of drug-likeness (QED) is 0.275. The summed E-state index contributed by atoms with van der Waals surface area (Å²) in [5.41, 5.74) is 1.41. The van der Waals surface area contributed by atoms with Gasteiger partial charge in [-0.2, -0.15) is 0 Å². The van der Waals surface area contributed by atoms with Crippen molar-refractivity contribution in [3.05, 3.63) is 47.5 Å². The van der Waals surface area contributed by atoms with Crippen molar-refractivity contribution in [3.8, 4) is 0 Å². The number of aromatic nitrogens is 3. The van der Waals surface area contributed by atoms with Crippen LogP contribution in [-0.4, -0.2) is 59.0 Å². The van der Waals surface area contributed by atoms with E-state index in [-0.39, 0.29) is 24.0 Å². The first kappa shape index (κ1) is 22.6. The van der Waals surface area contributed by atoms with Crippen LogP contribution in [0.15, 0.2) is 35.3 Å². The molecule has 0 aliphatic carbocycles. The van der Waals surface area contributed by atoms with E-state index in [0.717, 1.165) is 56.7 Å². The first-order valence-electron chi connectivity index (χ1n) is 9.61. The lowest BCUT2D eigenvalue weighted by atomic mass is 9.99. The molecule has 154 valence electrons. The van der Waals surface area contributed by atoms with Crippen LogP contribution in [0.2, 0.25) is 0 Å². The highest BCUT2D eigenvalue weighted by Crippen LogP contribution is 2.26. The molecule has 1 N–H and O–H groups in total. The lowest BCUT2D eigenvalue weighted by molar-refractivity contribution is 0.195. The van der Waals surface area contributed by atoms with Crippen LogP contribution in [0, 0.1) is 6.92 Å². The van der Waals surface area contributed by atoms with Crippen LogP contribution < -0.4 is 5.32 Å². The van der Waals surface area contributed by atoms with Crippen molar-refractivity contribution in [2.75, 3.05) is 33.4 Å². The van der Waals surface area contributed by atoms with E-state index in [1.807, 2.05) is 18.5 Å². The van der Waals surface area contributed by atoms with E-state index in [0.29, 0.717) is 12.5 Å². The Labute approximate surface area is 184 Å². The number of aryl methyl sites for hydroxylation is 1. The number of hydrogen-bond acceptors (Lipinski definition) is 4. The Hall–Kier alpha value is -1.68. The predicted octanol–water partition coefficient (Wildman–Crippen LogP) is 2.71. The third-order valence-electron chi connectivity index (χ3n) is 5.12. The SMILES string of the molecule is COCCCNC(=NCc1nnc(C)n1C)N1CCC(c2ccccc2)C1.I. The van der Waals surface area contributed by atoms with E-state index in [1.165, 1.54) is 5.56 Å². The molecule has 0 spiro atoms. The normalized spacial score (nSPS) is 16.9. The summed E-state index contributed by atoms with van der Waals surface area (Å²) in [5.74, 6) is 3.28. The van der Waals surface area contributed by atoms with Crippen molar-refractivity contribution < 1.29 is 4.74 Å². The van der Waals surface area contributed by atoms with Crippen molar-refractivity contribution in [3.63, 3.8) is 0 Å². The number of guanidine groups is 1. The van der Waals surface area contributed by atoms with Gasteiger partial charge in [-0.1, -0.05) is 30.3 Å². The molecule has 1 saturated heterocycles. The highest BCUT2D eigenvalue weighted by atomic mass is 127. The first-order chi connectivity index (χ1) is 13.2. The molecule has 1 aliphatic rings. The topological polar surface area (TPSA) is 67.6 Å². The summed E-state index contributed by atoms with van der Waals surface area (Å²) in [5, 5.41) is 11.9. The Bertz CT molecular complexity index is 748. The fraction of sp³-hybridized carbons (Fsp3) is 0.550. The summed E-state index contributed by atoms with van der Waals surface area (Å²) in [6, 6.07) is 10.8. The molecule has 0 saturated carbocycles. The maximum atomic E-state index is 5.16. The Balaban J connectivity index is 0.00000280. The molecule has 1 unspecified atom stereocenters. The van der Waals surface area contributed by atoms with Gasteiger partial charge in [0.05, 0.1) is 0 Å². The lowest BCUT2D eigenvalue weighted by Gasteiger charge is -2.22. The molecular formula is C20H31IN6O. The minimum atomic E-state index is 0. The summed E-state index contributed by atoms with van der Waals surface area (Å²) in [7, 11) is 3.71. The minimum Gasteiger partial charge on any atom is -0.385 e. The molecular weight excluding hydrogens is 467 g/mol. The Morgan fingerprint density at radius 2 is 2.07 bits per heavy atom. The number of methoxy groups -OCH3 is 1. The van der Waals surface area contributed by atoms with Gasteiger partial charge in [-0.3, -0.25) is 0 Å². The number of likely N-dealkylation sites (tertiary alicyclic amines) is 1. The number of nitrogens with one attached hydrogen (secondary N) is 1. The zero-order valence-electron chi connectivity index (χ0n) is 17.0. The Morgan fingerprint density at radius 3 is 2.75 bits per heavy atom. The van der Waals surface area contributed by atoms with Gasteiger partial charge in [0.25, 0.3) is 0 Å². The van der Waals surface area contributed by atoms with E-state index in [4.69, 9.17) is 9.73 Å². The van der Waals surface area contributed by atoms with E-state index >= 15 is 0 Å². The second kappa shape index (κ2) is 11.4. The Morgan fingerprint density at radius 1 is 1.29 bits per heavy atom. The fourth-order valence-electron chi connectivity index (χ4n) is 3.37. The smallest absolute Gasteiger partial charge is 0.194 e. The zero-order valence-corrected chi connectivity index (χ0v) is 19.3.